The third-order valence-electron chi connectivity index (χ3n) is 3.58. The van der Waals surface area contributed by atoms with E-state index >= 15 is 0 Å². The molecule has 1 aliphatic heterocycles. The van der Waals surface area contributed by atoms with Crippen LogP contribution in [0.15, 0.2) is 24.5 Å². The summed E-state index contributed by atoms with van der Waals surface area (Å²) in [6.45, 7) is 3.65. The Morgan fingerprint density at radius 1 is 1.68 bits per heavy atom. The van der Waals surface area contributed by atoms with Gasteiger partial charge in [-0.25, -0.2) is 0 Å². The van der Waals surface area contributed by atoms with Gasteiger partial charge < -0.3 is 9.84 Å². The van der Waals surface area contributed by atoms with E-state index in [2.05, 4.69) is 4.98 Å². The van der Waals surface area contributed by atoms with Crippen LogP contribution in [-0.4, -0.2) is 26.7 Å². The Morgan fingerprint density at radius 3 is 3.00 bits per heavy atom. The van der Waals surface area contributed by atoms with Crippen molar-refractivity contribution in [1.82, 2.24) is 4.98 Å². The van der Waals surface area contributed by atoms with Gasteiger partial charge in [0.25, 0.3) is 5.69 Å². The van der Waals surface area contributed by atoms with Crippen LogP contribution in [-0.2, 0) is 4.74 Å². The fraction of sp³-hybridized carbons (Fsp3) is 0.462. The van der Waals surface area contributed by atoms with Crippen molar-refractivity contribution in [3.05, 3.63) is 40.2 Å². The second kappa shape index (κ2) is 4.97. The second-order valence-electron chi connectivity index (χ2n) is 4.64. The fourth-order valence-corrected chi connectivity index (χ4v) is 2.13. The highest BCUT2D eigenvalue weighted by Crippen LogP contribution is 2.36. The first-order chi connectivity index (χ1) is 8.98. The van der Waals surface area contributed by atoms with Crippen molar-refractivity contribution >= 4 is 11.4 Å². The Morgan fingerprint density at radius 2 is 2.42 bits per heavy atom. The van der Waals surface area contributed by atoms with E-state index in [1.54, 1.807) is 19.1 Å². The van der Waals surface area contributed by atoms with E-state index in [0.717, 1.165) is 0 Å². The minimum absolute atomic E-state index is 0.0945. The van der Waals surface area contributed by atoms with Crippen molar-refractivity contribution in [2.24, 2.45) is 0 Å². The van der Waals surface area contributed by atoms with Gasteiger partial charge in [-0.3, -0.25) is 15.1 Å². The highest BCUT2D eigenvalue weighted by atomic mass is 16.6. The standard InChI is InChI=1S/C13H16N2O4/c1-3-13(16)6-4-12(19-9(13)2)10-5-7-14-8-11(10)15(17)18/h4-5,7-9,16H,3,6H2,1-2H3. The first-order valence-electron chi connectivity index (χ1n) is 6.16. The van der Waals surface area contributed by atoms with Crippen LogP contribution in [0.3, 0.4) is 0 Å². The van der Waals surface area contributed by atoms with Crippen LogP contribution in [0.25, 0.3) is 5.76 Å². The maximum absolute atomic E-state index is 11.0. The number of aliphatic hydroxyl groups is 1. The van der Waals surface area contributed by atoms with Crippen LogP contribution < -0.4 is 0 Å². The van der Waals surface area contributed by atoms with Crippen molar-refractivity contribution in [3.63, 3.8) is 0 Å². The molecule has 19 heavy (non-hydrogen) atoms. The van der Waals surface area contributed by atoms with Gasteiger partial charge in [-0.1, -0.05) is 6.92 Å². The van der Waals surface area contributed by atoms with Crippen LogP contribution in [0.1, 0.15) is 32.3 Å². The summed E-state index contributed by atoms with van der Waals surface area (Å²) in [6, 6.07) is 1.55. The van der Waals surface area contributed by atoms with Crippen molar-refractivity contribution < 1.29 is 14.8 Å². The highest BCUT2D eigenvalue weighted by Gasteiger charge is 2.37. The monoisotopic (exact) mass is 264 g/mol. The molecular formula is C13H16N2O4. The Hall–Kier alpha value is -1.95. The molecule has 0 spiro atoms. The van der Waals surface area contributed by atoms with Crippen LogP contribution in [0.2, 0.25) is 0 Å². The number of pyridine rings is 1. The molecule has 1 N–H and O–H groups in total. The van der Waals surface area contributed by atoms with Gasteiger partial charge in [0.1, 0.15) is 23.7 Å². The van der Waals surface area contributed by atoms with Crippen LogP contribution >= 0.6 is 0 Å². The Labute approximate surface area is 110 Å². The molecular weight excluding hydrogens is 248 g/mol. The molecule has 2 unspecified atom stereocenters. The lowest BCUT2D eigenvalue weighted by atomic mass is 9.88. The highest BCUT2D eigenvalue weighted by molar-refractivity contribution is 5.68. The van der Waals surface area contributed by atoms with Gasteiger partial charge in [0.05, 0.1) is 10.5 Å². The molecule has 0 saturated carbocycles. The number of ether oxygens (including phenoxy) is 1. The minimum atomic E-state index is -0.911. The van der Waals surface area contributed by atoms with E-state index in [1.165, 1.54) is 12.4 Å². The lowest BCUT2D eigenvalue weighted by Crippen LogP contribution is -2.43. The smallest absolute Gasteiger partial charge is 0.298 e. The molecule has 0 amide bonds. The second-order valence-corrected chi connectivity index (χ2v) is 4.64. The minimum Gasteiger partial charge on any atom is -0.487 e. The lowest BCUT2D eigenvalue weighted by Gasteiger charge is -2.36. The fourth-order valence-electron chi connectivity index (χ4n) is 2.13. The molecule has 102 valence electrons. The van der Waals surface area contributed by atoms with E-state index in [9.17, 15) is 15.2 Å². The van der Waals surface area contributed by atoms with Crippen molar-refractivity contribution in [1.29, 1.82) is 0 Å². The number of nitrogens with zero attached hydrogens (tertiary/aromatic N) is 2. The SMILES string of the molecule is CCC1(O)CC=C(c2ccncc2[N+](=O)[O-])OC1C. The summed E-state index contributed by atoms with van der Waals surface area (Å²) in [7, 11) is 0. The summed E-state index contributed by atoms with van der Waals surface area (Å²) in [5.74, 6) is 0.430. The van der Waals surface area contributed by atoms with E-state index in [-0.39, 0.29) is 5.69 Å². The van der Waals surface area contributed by atoms with Crippen LogP contribution in [0.4, 0.5) is 5.69 Å². The molecule has 1 aromatic rings. The van der Waals surface area contributed by atoms with Gasteiger partial charge in [-0.05, 0) is 25.5 Å². The van der Waals surface area contributed by atoms with E-state index in [4.69, 9.17) is 4.74 Å². The molecule has 2 heterocycles. The summed E-state index contributed by atoms with van der Waals surface area (Å²) in [4.78, 5) is 14.2. The predicted molar refractivity (Wildman–Crippen MR) is 69.3 cm³/mol. The summed E-state index contributed by atoms with van der Waals surface area (Å²) in [5.41, 5.74) is -0.612. The zero-order chi connectivity index (χ0) is 14.0. The van der Waals surface area contributed by atoms with E-state index < -0.39 is 16.6 Å². The maximum atomic E-state index is 11.0. The summed E-state index contributed by atoms with van der Waals surface area (Å²) in [5, 5.41) is 21.2. The first kappa shape index (κ1) is 13.5. The largest absolute Gasteiger partial charge is 0.487 e. The van der Waals surface area contributed by atoms with Crippen molar-refractivity contribution in [2.45, 2.75) is 38.4 Å². The molecule has 0 saturated heterocycles. The number of hydrogen-bond acceptors (Lipinski definition) is 5. The van der Waals surface area contributed by atoms with E-state index in [0.29, 0.717) is 24.2 Å². The molecule has 0 aliphatic carbocycles. The third kappa shape index (κ3) is 2.44. The van der Waals surface area contributed by atoms with Gasteiger partial charge in [0.2, 0.25) is 0 Å². The average Bonchev–Trinajstić information content (AvgIpc) is 2.42. The summed E-state index contributed by atoms with van der Waals surface area (Å²) >= 11 is 0. The molecule has 0 aromatic carbocycles. The maximum Gasteiger partial charge on any atom is 0.298 e. The topological polar surface area (TPSA) is 85.5 Å². The lowest BCUT2D eigenvalue weighted by molar-refractivity contribution is -0.385. The van der Waals surface area contributed by atoms with Gasteiger partial charge in [0.15, 0.2) is 0 Å². The number of nitro groups is 1. The Kier molecular flexibility index (Phi) is 3.53. The summed E-state index contributed by atoms with van der Waals surface area (Å²) < 4.78 is 5.65. The normalized spacial score (nSPS) is 26.5. The van der Waals surface area contributed by atoms with Crippen molar-refractivity contribution in [2.75, 3.05) is 0 Å². The van der Waals surface area contributed by atoms with Gasteiger partial charge >= 0.3 is 0 Å². The number of hydrogen-bond donors (Lipinski definition) is 1. The Balaban J connectivity index is 2.37. The molecule has 0 fully saturated rings. The zero-order valence-electron chi connectivity index (χ0n) is 10.9. The third-order valence-corrected chi connectivity index (χ3v) is 3.58. The molecule has 1 aromatic heterocycles. The number of aromatic nitrogens is 1. The predicted octanol–water partition coefficient (Wildman–Crippen LogP) is 2.28. The van der Waals surface area contributed by atoms with E-state index in [1.807, 2.05) is 6.92 Å². The number of rotatable bonds is 3. The zero-order valence-corrected chi connectivity index (χ0v) is 10.9. The van der Waals surface area contributed by atoms with Gasteiger partial charge in [0, 0.05) is 12.6 Å². The Bertz CT molecular complexity index is 529. The molecule has 0 radical (unpaired) electrons. The molecule has 6 nitrogen and oxygen atoms in total. The first-order valence-corrected chi connectivity index (χ1v) is 6.16. The van der Waals surface area contributed by atoms with Gasteiger partial charge in [-0.15, -0.1) is 0 Å². The van der Waals surface area contributed by atoms with Gasteiger partial charge in [-0.2, -0.15) is 0 Å². The van der Waals surface area contributed by atoms with Crippen LogP contribution in [0, 0.1) is 10.1 Å². The molecule has 6 heteroatoms. The molecule has 1 aliphatic rings. The average molecular weight is 264 g/mol. The molecule has 2 atom stereocenters. The van der Waals surface area contributed by atoms with Crippen molar-refractivity contribution in [3.8, 4) is 0 Å². The van der Waals surface area contributed by atoms with Crippen LogP contribution in [0.5, 0.6) is 0 Å². The molecule has 2 rings (SSSR count). The summed E-state index contributed by atoms with van der Waals surface area (Å²) in [6.07, 6.45) is 4.95. The molecule has 0 bridgehead atoms. The quantitative estimate of drug-likeness (QED) is 0.668.